The van der Waals surface area contributed by atoms with E-state index in [0.29, 0.717) is 11.4 Å². The summed E-state index contributed by atoms with van der Waals surface area (Å²) in [6.07, 6.45) is 0. The zero-order valence-corrected chi connectivity index (χ0v) is 19.3. The molecule has 0 aliphatic rings. The lowest BCUT2D eigenvalue weighted by Crippen LogP contribution is -2.27. The fourth-order valence-electron chi connectivity index (χ4n) is 3.32. The molecule has 0 saturated heterocycles. The van der Waals surface area contributed by atoms with Gasteiger partial charge in [-0.2, -0.15) is 0 Å². The van der Waals surface area contributed by atoms with E-state index < -0.39 is 16.1 Å². The number of nitrogens with one attached hydrogen (secondary N) is 2. The minimum Gasteiger partial charge on any atom is -0.496 e. The van der Waals surface area contributed by atoms with Crippen LogP contribution in [0.1, 0.15) is 56.3 Å². The largest absolute Gasteiger partial charge is 0.496 e. The van der Waals surface area contributed by atoms with Crippen molar-refractivity contribution < 1.29 is 22.7 Å². The standard InChI is InChI=1S/C22H30N2O5S/c1-13(2)18-12-19(14(3)10-22(18)29-7)15(4)24-30(26,27)17-8-9-21(28-6)20(11-17)23-16(5)25/h8-13,15,24H,1-7H3,(H,23,25)/t15-/m0/s1. The molecule has 2 rings (SSSR count). The van der Waals surface area contributed by atoms with Crippen LogP contribution in [0.5, 0.6) is 11.5 Å². The Kier molecular flexibility index (Phi) is 7.49. The van der Waals surface area contributed by atoms with E-state index in [1.165, 1.54) is 32.2 Å². The van der Waals surface area contributed by atoms with Gasteiger partial charge in [0, 0.05) is 13.0 Å². The van der Waals surface area contributed by atoms with Crippen LogP contribution in [0.2, 0.25) is 0 Å². The van der Waals surface area contributed by atoms with E-state index in [0.717, 1.165) is 22.4 Å². The van der Waals surface area contributed by atoms with Crippen molar-refractivity contribution in [2.24, 2.45) is 0 Å². The number of methoxy groups -OCH3 is 2. The summed E-state index contributed by atoms with van der Waals surface area (Å²) in [4.78, 5) is 11.5. The Morgan fingerprint density at radius 2 is 1.60 bits per heavy atom. The average Bonchev–Trinajstić information content (AvgIpc) is 2.66. The Bertz CT molecular complexity index is 1030. The van der Waals surface area contributed by atoms with Crippen LogP contribution >= 0.6 is 0 Å². The highest BCUT2D eigenvalue weighted by molar-refractivity contribution is 7.89. The second-order valence-corrected chi connectivity index (χ2v) is 9.21. The van der Waals surface area contributed by atoms with Crippen LogP contribution in [0.25, 0.3) is 0 Å². The van der Waals surface area contributed by atoms with E-state index in [1.54, 1.807) is 14.0 Å². The normalized spacial score (nSPS) is 12.5. The maximum absolute atomic E-state index is 13.0. The number of carbonyl (C=O) groups excluding carboxylic acids is 1. The first-order chi connectivity index (χ1) is 14.0. The van der Waals surface area contributed by atoms with Gasteiger partial charge in [-0.05, 0) is 66.8 Å². The molecular formula is C22H30N2O5S. The summed E-state index contributed by atoms with van der Waals surface area (Å²) in [5.41, 5.74) is 3.11. The highest BCUT2D eigenvalue weighted by Crippen LogP contribution is 2.33. The highest BCUT2D eigenvalue weighted by Gasteiger charge is 2.22. The van der Waals surface area contributed by atoms with Crippen molar-refractivity contribution in [2.45, 2.75) is 51.5 Å². The highest BCUT2D eigenvalue weighted by atomic mass is 32.2. The number of sulfonamides is 1. The molecule has 0 unspecified atom stereocenters. The van der Waals surface area contributed by atoms with Crippen molar-refractivity contribution in [3.8, 4) is 11.5 Å². The molecule has 0 fully saturated rings. The van der Waals surface area contributed by atoms with E-state index >= 15 is 0 Å². The monoisotopic (exact) mass is 434 g/mol. The van der Waals surface area contributed by atoms with E-state index in [4.69, 9.17) is 9.47 Å². The number of anilines is 1. The van der Waals surface area contributed by atoms with Gasteiger partial charge in [0.1, 0.15) is 11.5 Å². The third-order valence-corrected chi connectivity index (χ3v) is 6.37. The SMILES string of the molecule is COc1ccc(S(=O)(=O)N[C@@H](C)c2cc(C(C)C)c(OC)cc2C)cc1NC(C)=O. The molecule has 0 heterocycles. The maximum Gasteiger partial charge on any atom is 0.241 e. The lowest BCUT2D eigenvalue weighted by Gasteiger charge is -2.21. The molecule has 0 aliphatic heterocycles. The van der Waals surface area contributed by atoms with Gasteiger partial charge in [0.25, 0.3) is 0 Å². The first-order valence-corrected chi connectivity index (χ1v) is 11.1. The third-order valence-electron chi connectivity index (χ3n) is 4.83. The fourth-order valence-corrected chi connectivity index (χ4v) is 4.56. The number of aryl methyl sites for hydroxylation is 1. The lowest BCUT2D eigenvalue weighted by molar-refractivity contribution is -0.114. The molecule has 164 valence electrons. The quantitative estimate of drug-likeness (QED) is 0.651. The van der Waals surface area contributed by atoms with E-state index in [9.17, 15) is 13.2 Å². The van der Waals surface area contributed by atoms with Gasteiger partial charge in [-0.15, -0.1) is 0 Å². The molecule has 8 heteroatoms. The Hall–Kier alpha value is -2.58. The van der Waals surface area contributed by atoms with Gasteiger partial charge in [-0.1, -0.05) is 13.8 Å². The summed E-state index contributed by atoms with van der Waals surface area (Å²) in [5.74, 6) is 1.07. The predicted molar refractivity (Wildman–Crippen MR) is 118 cm³/mol. The molecule has 0 spiro atoms. The Labute approximate surface area is 178 Å². The first-order valence-electron chi connectivity index (χ1n) is 9.66. The Morgan fingerprint density at radius 3 is 2.13 bits per heavy atom. The van der Waals surface area contributed by atoms with Gasteiger partial charge < -0.3 is 14.8 Å². The average molecular weight is 435 g/mol. The second-order valence-electron chi connectivity index (χ2n) is 7.49. The fraction of sp³-hybridized carbons (Fsp3) is 0.409. The summed E-state index contributed by atoms with van der Waals surface area (Å²) in [5, 5.41) is 2.59. The number of hydrogen-bond acceptors (Lipinski definition) is 5. The Morgan fingerprint density at radius 1 is 0.967 bits per heavy atom. The van der Waals surface area contributed by atoms with Crippen molar-refractivity contribution in [3.63, 3.8) is 0 Å². The zero-order chi connectivity index (χ0) is 22.6. The van der Waals surface area contributed by atoms with Gasteiger partial charge in [0.05, 0.1) is 24.8 Å². The van der Waals surface area contributed by atoms with Crippen molar-refractivity contribution >= 4 is 21.6 Å². The van der Waals surface area contributed by atoms with Crippen LogP contribution < -0.4 is 19.5 Å². The van der Waals surface area contributed by atoms with Crippen molar-refractivity contribution in [1.82, 2.24) is 4.72 Å². The van der Waals surface area contributed by atoms with E-state index in [1.807, 2.05) is 19.1 Å². The summed E-state index contributed by atoms with van der Waals surface area (Å²) in [6.45, 7) is 9.20. The number of benzene rings is 2. The summed E-state index contributed by atoms with van der Waals surface area (Å²) in [7, 11) is -0.765. The number of carbonyl (C=O) groups is 1. The molecule has 30 heavy (non-hydrogen) atoms. The summed E-state index contributed by atoms with van der Waals surface area (Å²) in [6, 6.07) is 7.79. The van der Waals surface area contributed by atoms with Crippen molar-refractivity contribution in [2.75, 3.05) is 19.5 Å². The number of ether oxygens (including phenoxy) is 2. The second kappa shape index (κ2) is 9.49. The maximum atomic E-state index is 13.0. The van der Waals surface area contributed by atoms with Crippen LogP contribution in [0, 0.1) is 6.92 Å². The van der Waals surface area contributed by atoms with Crippen LogP contribution in [0.15, 0.2) is 35.2 Å². The molecule has 0 saturated carbocycles. The van der Waals surface area contributed by atoms with Crippen LogP contribution in [-0.2, 0) is 14.8 Å². The molecule has 2 aromatic carbocycles. The van der Waals surface area contributed by atoms with Crippen LogP contribution in [0.3, 0.4) is 0 Å². The van der Waals surface area contributed by atoms with Crippen molar-refractivity contribution in [1.29, 1.82) is 0 Å². The number of rotatable bonds is 8. The lowest BCUT2D eigenvalue weighted by atomic mass is 9.94. The molecular weight excluding hydrogens is 404 g/mol. The van der Waals surface area contributed by atoms with E-state index in [-0.39, 0.29) is 16.7 Å². The molecule has 2 N–H and O–H groups in total. The van der Waals surface area contributed by atoms with Crippen molar-refractivity contribution in [3.05, 3.63) is 47.0 Å². The first kappa shape index (κ1) is 23.7. The zero-order valence-electron chi connectivity index (χ0n) is 18.5. The number of amides is 1. The Balaban J connectivity index is 2.40. The molecule has 1 amide bonds. The molecule has 0 aromatic heterocycles. The van der Waals surface area contributed by atoms with Crippen LogP contribution in [-0.4, -0.2) is 28.5 Å². The predicted octanol–water partition coefficient (Wildman–Crippen LogP) is 4.13. The molecule has 2 aromatic rings. The van der Waals surface area contributed by atoms with Gasteiger partial charge in [0.2, 0.25) is 15.9 Å². The van der Waals surface area contributed by atoms with E-state index in [2.05, 4.69) is 23.9 Å². The third kappa shape index (κ3) is 5.31. The minimum atomic E-state index is -3.84. The smallest absolute Gasteiger partial charge is 0.241 e. The van der Waals surface area contributed by atoms with Gasteiger partial charge in [-0.25, -0.2) is 13.1 Å². The topological polar surface area (TPSA) is 93.7 Å². The molecule has 0 aliphatic carbocycles. The number of hydrogen-bond donors (Lipinski definition) is 2. The molecule has 7 nitrogen and oxygen atoms in total. The molecule has 0 bridgehead atoms. The van der Waals surface area contributed by atoms with Gasteiger partial charge in [-0.3, -0.25) is 4.79 Å². The molecule has 0 radical (unpaired) electrons. The summed E-state index contributed by atoms with van der Waals surface area (Å²) < 4.78 is 39.4. The van der Waals surface area contributed by atoms with Crippen LogP contribution in [0.4, 0.5) is 5.69 Å². The van der Waals surface area contributed by atoms with Gasteiger partial charge >= 0.3 is 0 Å². The summed E-state index contributed by atoms with van der Waals surface area (Å²) >= 11 is 0. The molecule has 1 atom stereocenters. The van der Waals surface area contributed by atoms with Gasteiger partial charge in [0.15, 0.2) is 0 Å². The minimum absolute atomic E-state index is 0.0362.